The lowest BCUT2D eigenvalue weighted by atomic mass is 10.8. The Balaban J connectivity index is 2.30. The van der Waals surface area contributed by atoms with Crippen LogP contribution in [-0.2, 0) is 0 Å². The first-order valence-electron chi connectivity index (χ1n) is 1.04. The maximum Gasteiger partial charge on any atom is 0.0597 e. The van der Waals surface area contributed by atoms with E-state index in [4.69, 9.17) is 5.53 Å². The Morgan fingerprint density at radius 3 is 2.25 bits per heavy atom. The second kappa shape index (κ2) is 2.60. The van der Waals surface area contributed by atoms with Crippen LogP contribution in [0.5, 0.6) is 0 Å². The van der Waals surface area contributed by atoms with Gasteiger partial charge in [0.25, 0.3) is 0 Å². The molecule has 2 nitrogen and oxygen atoms in total. The van der Waals surface area contributed by atoms with Crippen LogP contribution in [0.4, 0.5) is 0 Å². The van der Waals surface area contributed by atoms with Crippen LogP contribution < -0.4 is 0 Å². The minimum absolute atomic E-state index is 0.361. The molecular weight excluding hydrogens is 52.0 g/mol. The quantitative estimate of drug-likeness (QED) is 0.433. The van der Waals surface area contributed by atoms with Crippen LogP contribution in [-0.4, -0.2) is 6.54 Å². The molecule has 0 aliphatic rings. The monoisotopic (exact) mass is 57.0 g/mol. The fourth-order valence-electron chi connectivity index (χ4n) is 0. The smallest absolute Gasteiger partial charge is 0.0597 e. The zero-order valence-electron chi connectivity index (χ0n) is 2.36. The normalized spacial score (nSPS) is 6.25. The summed E-state index contributed by atoms with van der Waals surface area (Å²) in [6.07, 6.45) is 0. The molecule has 0 unspecified atom stereocenters. The second-order valence-electron chi connectivity index (χ2n) is 0.382. The van der Waals surface area contributed by atoms with Crippen molar-refractivity contribution in [3.63, 3.8) is 0 Å². The zero-order chi connectivity index (χ0) is 3.41. The maximum atomic E-state index is 6.01. The van der Waals surface area contributed by atoms with Crippen molar-refractivity contribution in [1.82, 2.24) is 0 Å². The number of nitrogens with zero attached hydrogens (tertiary/aromatic N) is 1. The standard InChI is InChI=1S/C2H5N2/c1-2-4-3/h3H,1-2H2. The minimum Gasteiger partial charge on any atom is -0.210 e. The van der Waals surface area contributed by atoms with Gasteiger partial charge in [-0.3, -0.25) is 0 Å². The molecule has 0 spiro atoms. The molecule has 0 saturated heterocycles. The van der Waals surface area contributed by atoms with Crippen molar-refractivity contribution in [2.75, 3.05) is 6.54 Å². The van der Waals surface area contributed by atoms with Gasteiger partial charge in [-0.1, -0.05) is 0 Å². The molecule has 0 atom stereocenters. The summed E-state index contributed by atoms with van der Waals surface area (Å²) in [7, 11) is 0. The first kappa shape index (κ1) is 3.60. The first-order valence-corrected chi connectivity index (χ1v) is 1.04. The summed E-state index contributed by atoms with van der Waals surface area (Å²) < 4.78 is 0. The van der Waals surface area contributed by atoms with E-state index in [0.29, 0.717) is 6.54 Å². The Hall–Kier alpha value is -0.400. The molecule has 0 aromatic heterocycles. The molecule has 2 heteroatoms. The van der Waals surface area contributed by atoms with E-state index in [1.54, 1.807) is 0 Å². The van der Waals surface area contributed by atoms with Gasteiger partial charge in [-0.15, -0.1) is 0 Å². The van der Waals surface area contributed by atoms with Crippen molar-refractivity contribution < 1.29 is 0 Å². The number of rotatable bonds is 1. The molecule has 0 amide bonds. The van der Waals surface area contributed by atoms with Crippen LogP contribution in [0.15, 0.2) is 5.11 Å². The van der Waals surface area contributed by atoms with Crippen LogP contribution in [0.2, 0.25) is 0 Å². The predicted octanol–water partition coefficient (Wildman–Crippen LogP) is 0.851. The Morgan fingerprint density at radius 1 is 2.00 bits per heavy atom. The van der Waals surface area contributed by atoms with E-state index in [2.05, 4.69) is 12.0 Å². The molecule has 1 N–H and O–H groups in total. The van der Waals surface area contributed by atoms with Crippen LogP contribution in [0.25, 0.3) is 0 Å². The van der Waals surface area contributed by atoms with E-state index in [0.717, 1.165) is 0 Å². The lowest BCUT2D eigenvalue weighted by Crippen LogP contribution is -1.53. The summed E-state index contributed by atoms with van der Waals surface area (Å²) in [5.74, 6) is 0. The highest BCUT2D eigenvalue weighted by Crippen LogP contribution is 1.52. The molecule has 0 heterocycles. The predicted molar refractivity (Wildman–Crippen MR) is 15.4 cm³/mol. The van der Waals surface area contributed by atoms with E-state index in [1.165, 1.54) is 0 Å². The van der Waals surface area contributed by atoms with Crippen LogP contribution >= 0.6 is 0 Å². The van der Waals surface area contributed by atoms with Gasteiger partial charge in [0.15, 0.2) is 0 Å². The maximum absolute atomic E-state index is 6.01. The summed E-state index contributed by atoms with van der Waals surface area (Å²) in [6.45, 7) is 3.61. The van der Waals surface area contributed by atoms with E-state index < -0.39 is 0 Å². The minimum atomic E-state index is 0.361. The number of hydrogen-bond donors (Lipinski definition) is 1. The van der Waals surface area contributed by atoms with Gasteiger partial charge in [0.05, 0.1) is 6.54 Å². The lowest BCUT2D eigenvalue weighted by Gasteiger charge is -1.57. The van der Waals surface area contributed by atoms with Gasteiger partial charge in [-0.25, -0.2) is 5.53 Å². The zero-order valence-corrected chi connectivity index (χ0v) is 2.36. The third-order valence-corrected chi connectivity index (χ3v) is 0.112. The highest BCUT2D eigenvalue weighted by molar-refractivity contribution is 4.30. The van der Waals surface area contributed by atoms with E-state index in [-0.39, 0.29) is 0 Å². The molecule has 1 radical (unpaired) electrons. The summed E-state index contributed by atoms with van der Waals surface area (Å²) in [5, 5.41) is 2.88. The van der Waals surface area contributed by atoms with Gasteiger partial charge in [0.1, 0.15) is 0 Å². The van der Waals surface area contributed by atoms with Gasteiger partial charge >= 0.3 is 0 Å². The third kappa shape index (κ3) is 1.60. The summed E-state index contributed by atoms with van der Waals surface area (Å²) in [6, 6.07) is 0. The largest absolute Gasteiger partial charge is 0.210 e. The van der Waals surface area contributed by atoms with Gasteiger partial charge < -0.3 is 0 Å². The van der Waals surface area contributed by atoms with Crippen LogP contribution in [0, 0.1) is 12.5 Å². The highest BCUT2D eigenvalue weighted by Gasteiger charge is 1.46. The molecular formula is C2H5N2. The molecule has 4 heavy (non-hydrogen) atoms. The van der Waals surface area contributed by atoms with Crippen LogP contribution in [0.1, 0.15) is 0 Å². The Kier molecular flexibility index (Phi) is 2.34. The van der Waals surface area contributed by atoms with Gasteiger partial charge in [-0.05, 0) is 6.92 Å². The fraction of sp³-hybridized carbons (Fsp3) is 0.500. The molecule has 0 rings (SSSR count). The van der Waals surface area contributed by atoms with Gasteiger partial charge in [0, 0.05) is 0 Å². The first-order chi connectivity index (χ1) is 1.91. The third-order valence-electron chi connectivity index (χ3n) is 0.112. The van der Waals surface area contributed by atoms with Crippen molar-refractivity contribution in [1.29, 1.82) is 5.53 Å². The van der Waals surface area contributed by atoms with Gasteiger partial charge in [-0.2, -0.15) is 5.11 Å². The van der Waals surface area contributed by atoms with Gasteiger partial charge in [0.2, 0.25) is 0 Å². The second-order valence-corrected chi connectivity index (χ2v) is 0.382. The summed E-state index contributed by atoms with van der Waals surface area (Å²) >= 11 is 0. The summed E-state index contributed by atoms with van der Waals surface area (Å²) in [4.78, 5) is 0. The number of hydrogen-bond acceptors (Lipinski definition) is 2. The van der Waals surface area contributed by atoms with Crippen molar-refractivity contribution >= 4 is 0 Å². The molecule has 0 saturated carbocycles. The summed E-state index contributed by atoms with van der Waals surface area (Å²) in [5.41, 5.74) is 6.01. The molecule has 0 aliphatic carbocycles. The van der Waals surface area contributed by atoms with E-state index >= 15 is 0 Å². The average Bonchev–Trinajstić information content (AvgIpc) is 1.37. The SMILES string of the molecule is [CH2]CN=N. The highest BCUT2D eigenvalue weighted by atomic mass is 14.9. The van der Waals surface area contributed by atoms with E-state index in [9.17, 15) is 0 Å². The molecule has 23 valence electrons. The van der Waals surface area contributed by atoms with Crippen molar-refractivity contribution in [3.8, 4) is 0 Å². The lowest BCUT2D eigenvalue weighted by molar-refractivity contribution is 1.00. The molecule has 0 fully saturated rings. The average molecular weight is 57.1 g/mol. The van der Waals surface area contributed by atoms with Crippen molar-refractivity contribution in [3.05, 3.63) is 6.92 Å². The number of nitrogens with one attached hydrogen (secondary N) is 1. The topological polar surface area (TPSA) is 36.2 Å². The Bertz CT molecular complexity index is 18.0. The molecule has 0 aromatic rings. The van der Waals surface area contributed by atoms with E-state index in [1.807, 2.05) is 0 Å². The van der Waals surface area contributed by atoms with Crippen LogP contribution in [0.3, 0.4) is 0 Å². The Labute approximate surface area is 25.3 Å². The Morgan fingerprint density at radius 2 is 2.25 bits per heavy atom. The van der Waals surface area contributed by atoms with Crippen molar-refractivity contribution in [2.24, 2.45) is 5.11 Å². The molecule has 0 aromatic carbocycles. The molecule has 0 aliphatic heterocycles. The van der Waals surface area contributed by atoms with Crippen molar-refractivity contribution in [2.45, 2.75) is 0 Å². The molecule has 0 bridgehead atoms. The fourth-order valence-corrected chi connectivity index (χ4v) is 0.